The molecule has 0 aliphatic carbocycles. The van der Waals surface area contributed by atoms with Crippen LogP contribution in [0.3, 0.4) is 0 Å². The van der Waals surface area contributed by atoms with Crippen LogP contribution in [0.25, 0.3) is 11.3 Å². The van der Waals surface area contributed by atoms with Gasteiger partial charge >= 0.3 is 0 Å². The molecule has 1 aromatic heterocycles. The first kappa shape index (κ1) is 12.9. The highest BCUT2D eigenvalue weighted by Crippen LogP contribution is 2.42. The Hall–Kier alpha value is -2.50. The highest BCUT2D eigenvalue weighted by Gasteiger charge is 2.19. The molecule has 6 heteroatoms. The quantitative estimate of drug-likeness (QED) is 0.903. The summed E-state index contributed by atoms with van der Waals surface area (Å²) in [6.07, 6.45) is 1.37. The third kappa shape index (κ3) is 2.24. The number of nitrogens with two attached hydrogens (primary N) is 1. The smallest absolute Gasteiger partial charge is 0.187 e. The summed E-state index contributed by atoms with van der Waals surface area (Å²) in [5, 5.41) is 0. The van der Waals surface area contributed by atoms with Crippen LogP contribution in [0.1, 0.15) is 0 Å². The Labute approximate surface area is 111 Å². The summed E-state index contributed by atoms with van der Waals surface area (Å²) in [7, 11) is 4.67. The molecule has 0 aliphatic heterocycles. The molecule has 0 atom stereocenters. The van der Waals surface area contributed by atoms with Crippen LogP contribution in [-0.4, -0.2) is 31.3 Å². The van der Waals surface area contributed by atoms with Gasteiger partial charge in [-0.25, -0.2) is 9.97 Å². The number of nitrogens with zero attached hydrogens (tertiary/aromatic N) is 2. The van der Waals surface area contributed by atoms with Crippen molar-refractivity contribution in [1.82, 2.24) is 9.97 Å². The second-order valence-electron chi connectivity index (χ2n) is 3.68. The zero-order chi connectivity index (χ0) is 13.8. The second kappa shape index (κ2) is 5.43. The summed E-state index contributed by atoms with van der Waals surface area (Å²) in [6.45, 7) is 0. The van der Waals surface area contributed by atoms with Crippen molar-refractivity contribution in [3.05, 3.63) is 24.5 Å². The lowest BCUT2D eigenvalue weighted by Crippen LogP contribution is -2.02. The van der Waals surface area contributed by atoms with Crippen LogP contribution in [0.15, 0.2) is 24.5 Å². The van der Waals surface area contributed by atoms with E-state index in [1.54, 1.807) is 14.2 Å². The van der Waals surface area contributed by atoms with Crippen molar-refractivity contribution in [2.24, 2.45) is 0 Å². The molecule has 0 radical (unpaired) electrons. The molecular formula is C13H15N3O3. The number of ether oxygens (including phenoxy) is 3. The van der Waals surface area contributed by atoms with Crippen molar-refractivity contribution in [3.63, 3.8) is 0 Å². The maximum absolute atomic E-state index is 5.79. The summed E-state index contributed by atoms with van der Waals surface area (Å²) >= 11 is 0. The third-order valence-electron chi connectivity index (χ3n) is 2.70. The van der Waals surface area contributed by atoms with Gasteiger partial charge in [0.25, 0.3) is 0 Å². The molecule has 0 saturated carbocycles. The van der Waals surface area contributed by atoms with Crippen LogP contribution < -0.4 is 19.9 Å². The normalized spacial score (nSPS) is 10.1. The van der Waals surface area contributed by atoms with E-state index in [1.165, 1.54) is 13.4 Å². The molecule has 0 aliphatic rings. The third-order valence-corrected chi connectivity index (χ3v) is 2.70. The molecule has 2 aromatic rings. The summed E-state index contributed by atoms with van der Waals surface area (Å²) in [5.74, 6) is 1.90. The first-order valence-corrected chi connectivity index (χ1v) is 5.58. The number of anilines is 1. The maximum atomic E-state index is 5.79. The minimum Gasteiger partial charge on any atom is -0.496 e. The SMILES string of the molecule is COc1cccc(OC)c1-c1ncnc(N)c1OC. The minimum atomic E-state index is 0.264. The lowest BCUT2D eigenvalue weighted by molar-refractivity contribution is 0.393. The number of hydrogen-bond donors (Lipinski definition) is 1. The van der Waals surface area contributed by atoms with Crippen LogP contribution in [0.4, 0.5) is 5.82 Å². The second-order valence-corrected chi connectivity index (χ2v) is 3.68. The molecule has 0 spiro atoms. The summed E-state index contributed by atoms with van der Waals surface area (Å²) in [6, 6.07) is 5.46. The van der Waals surface area contributed by atoms with Crippen LogP contribution in [0, 0.1) is 0 Å². The lowest BCUT2D eigenvalue weighted by Gasteiger charge is -2.15. The number of nitrogen functional groups attached to an aromatic ring is 1. The van der Waals surface area contributed by atoms with E-state index in [0.29, 0.717) is 28.5 Å². The first-order chi connectivity index (χ1) is 9.22. The van der Waals surface area contributed by atoms with Gasteiger partial charge in [0.15, 0.2) is 11.6 Å². The Morgan fingerprint density at radius 2 is 1.58 bits per heavy atom. The van der Waals surface area contributed by atoms with Crippen molar-refractivity contribution in [2.75, 3.05) is 27.1 Å². The van der Waals surface area contributed by atoms with Gasteiger partial charge in [0.2, 0.25) is 0 Å². The fourth-order valence-corrected chi connectivity index (χ4v) is 1.85. The van der Waals surface area contributed by atoms with Crippen molar-refractivity contribution in [1.29, 1.82) is 0 Å². The molecular weight excluding hydrogens is 246 g/mol. The van der Waals surface area contributed by atoms with Crippen molar-refractivity contribution < 1.29 is 14.2 Å². The van der Waals surface area contributed by atoms with E-state index in [9.17, 15) is 0 Å². The van der Waals surface area contributed by atoms with E-state index >= 15 is 0 Å². The average molecular weight is 261 g/mol. The highest BCUT2D eigenvalue weighted by atomic mass is 16.5. The number of aromatic nitrogens is 2. The Kier molecular flexibility index (Phi) is 3.70. The zero-order valence-corrected chi connectivity index (χ0v) is 11.0. The van der Waals surface area contributed by atoms with Crippen LogP contribution in [0.5, 0.6) is 17.2 Å². The van der Waals surface area contributed by atoms with Crippen molar-refractivity contribution >= 4 is 5.82 Å². The van der Waals surface area contributed by atoms with Gasteiger partial charge < -0.3 is 19.9 Å². The summed E-state index contributed by atoms with van der Waals surface area (Å²) in [5.41, 5.74) is 7.01. The van der Waals surface area contributed by atoms with E-state index in [-0.39, 0.29) is 5.82 Å². The van der Waals surface area contributed by atoms with Gasteiger partial charge in [0.1, 0.15) is 23.5 Å². The first-order valence-electron chi connectivity index (χ1n) is 5.58. The van der Waals surface area contributed by atoms with Gasteiger partial charge in [-0.3, -0.25) is 0 Å². The molecule has 0 saturated heterocycles. The number of hydrogen-bond acceptors (Lipinski definition) is 6. The van der Waals surface area contributed by atoms with E-state index in [1.807, 2.05) is 18.2 Å². The van der Waals surface area contributed by atoms with E-state index in [0.717, 1.165) is 0 Å². The Morgan fingerprint density at radius 3 is 2.11 bits per heavy atom. The fourth-order valence-electron chi connectivity index (χ4n) is 1.85. The molecule has 0 unspecified atom stereocenters. The molecule has 0 fully saturated rings. The van der Waals surface area contributed by atoms with Gasteiger partial charge in [-0.05, 0) is 12.1 Å². The minimum absolute atomic E-state index is 0.264. The Balaban J connectivity index is 2.74. The van der Waals surface area contributed by atoms with Crippen LogP contribution in [-0.2, 0) is 0 Å². The van der Waals surface area contributed by atoms with Gasteiger partial charge in [-0.15, -0.1) is 0 Å². The Bertz CT molecular complexity index is 565. The number of rotatable bonds is 4. The summed E-state index contributed by atoms with van der Waals surface area (Å²) < 4.78 is 16.0. The van der Waals surface area contributed by atoms with Crippen LogP contribution >= 0.6 is 0 Å². The van der Waals surface area contributed by atoms with E-state index in [2.05, 4.69) is 9.97 Å². The topological polar surface area (TPSA) is 79.5 Å². The van der Waals surface area contributed by atoms with Crippen LogP contribution in [0.2, 0.25) is 0 Å². The molecule has 1 heterocycles. The predicted octanol–water partition coefficient (Wildman–Crippen LogP) is 1.75. The van der Waals surface area contributed by atoms with Crippen molar-refractivity contribution in [2.45, 2.75) is 0 Å². The summed E-state index contributed by atoms with van der Waals surface area (Å²) in [4.78, 5) is 8.13. The fraction of sp³-hybridized carbons (Fsp3) is 0.231. The predicted molar refractivity (Wildman–Crippen MR) is 71.5 cm³/mol. The highest BCUT2D eigenvalue weighted by molar-refractivity contribution is 5.80. The molecule has 1 aromatic carbocycles. The van der Waals surface area contributed by atoms with E-state index in [4.69, 9.17) is 19.9 Å². The monoisotopic (exact) mass is 261 g/mol. The molecule has 0 bridgehead atoms. The lowest BCUT2D eigenvalue weighted by atomic mass is 10.1. The zero-order valence-electron chi connectivity index (χ0n) is 11.0. The van der Waals surface area contributed by atoms with E-state index < -0.39 is 0 Å². The molecule has 6 nitrogen and oxygen atoms in total. The average Bonchev–Trinajstić information content (AvgIpc) is 2.46. The van der Waals surface area contributed by atoms with Crippen molar-refractivity contribution in [3.8, 4) is 28.5 Å². The van der Waals surface area contributed by atoms with Gasteiger partial charge in [-0.1, -0.05) is 6.07 Å². The van der Waals surface area contributed by atoms with Gasteiger partial charge in [0, 0.05) is 0 Å². The largest absolute Gasteiger partial charge is 0.496 e. The molecule has 100 valence electrons. The molecule has 0 amide bonds. The Morgan fingerprint density at radius 1 is 0.947 bits per heavy atom. The standard InChI is InChI=1S/C13H15N3O3/c1-17-8-5-4-6-9(18-2)10(8)11-12(19-3)13(14)16-7-15-11/h4-7H,1-3H3,(H2,14,15,16). The number of benzene rings is 1. The molecule has 2 rings (SSSR count). The molecule has 2 N–H and O–H groups in total. The van der Waals surface area contributed by atoms with Gasteiger partial charge in [-0.2, -0.15) is 0 Å². The maximum Gasteiger partial charge on any atom is 0.187 e. The van der Waals surface area contributed by atoms with Gasteiger partial charge in [0.05, 0.1) is 26.9 Å². The molecule has 19 heavy (non-hydrogen) atoms. The number of methoxy groups -OCH3 is 3.